The van der Waals surface area contributed by atoms with Gasteiger partial charge in [0.25, 0.3) is 5.91 Å². The number of nitrogens with one attached hydrogen (secondary N) is 2. The zero-order chi connectivity index (χ0) is 17.5. The van der Waals surface area contributed by atoms with E-state index >= 15 is 0 Å². The molecule has 0 aliphatic rings. The van der Waals surface area contributed by atoms with Crippen LogP contribution in [0.25, 0.3) is 0 Å². The first kappa shape index (κ1) is 17.7. The van der Waals surface area contributed by atoms with Gasteiger partial charge in [-0.2, -0.15) is 0 Å². The Morgan fingerprint density at radius 3 is 2.58 bits per heavy atom. The molecule has 2 rings (SSSR count). The first-order chi connectivity index (χ1) is 11.5. The van der Waals surface area contributed by atoms with Gasteiger partial charge in [0.1, 0.15) is 5.76 Å². The van der Waals surface area contributed by atoms with E-state index in [9.17, 15) is 9.59 Å². The number of likely N-dealkylation sites (N-methyl/N-ethyl adjacent to an activating group) is 1. The monoisotopic (exact) mass is 329 g/mol. The van der Waals surface area contributed by atoms with Gasteiger partial charge in [-0.3, -0.25) is 14.5 Å². The van der Waals surface area contributed by atoms with Crippen LogP contribution in [0.2, 0.25) is 0 Å². The van der Waals surface area contributed by atoms with Crippen LogP contribution >= 0.6 is 0 Å². The fourth-order valence-electron chi connectivity index (χ4n) is 2.06. The van der Waals surface area contributed by atoms with E-state index in [1.54, 1.807) is 42.7 Å². The Hall–Kier alpha value is -2.60. The van der Waals surface area contributed by atoms with Gasteiger partial charge in [0, 0.05) is 6.04 Å². The molecule has 0 aliphatic carbocycles. The minimum Gasteiger partial charge on any atom is -0.467 e. The summed E-state index contributed by atoms with van der Waals surface area (Å²) in [5, 5.41) is 5.59. The molecule has 0 atom stereocenters. The summed E-state index contributed by atoms with van der Waals surface area (Å²) in [7, 11) is 1.88. The molecule has 1 heterocycles. The van der Waals surface area contributed by atoms with Crippen molar-refractivity contribution < 1.29 is 14.0 Å². The summed E-state index contributed by atoms with van der Waals surface area (Å²) in [5.74, 6) is 0.250. The highest BCUT2D eigenvalue weighted by Gasteiger charge is 2.15. The molecule has 0 spiro atoms. The quantitative estimate of drug-likeness (QED) is 0.818. The van der Waals surface area contributed by atoms with Gasteiger partial charge in [0.2, 0.25) is 5.91 Å². The number of nitrogens with zero attached hydrogens (tertiary/aromatic N) is 1. The zero-order valence-electron chi connectivity index (χ0n) is 14.2. The molecule has 128 valence electrons. The number of carbonyl (C=O) groups excluding carboxylic acids is 2. The summed E-state index contributed by atoms with van der Waals surface area (Å²) in [6.45, 7) is 4.59. The second-order valence-electron chi connectivity index (χ2n) is 5.86. The van der Waals surface area contributed by atoms with Crippen molar-refractivity contribution in [2.75, 3.05) is 18.9 Å². The van der Waals surface area contributed by atoms with E-state index in [2.05, 4.69) is 10.6 Å². The third kappa shape index (κ3) is 4.96. The van der Waals surface area contributed by atoms with Gasteiger partial charge >= 0.3 is 0 Å². The summed E-state index contributed by atoms with van der Waals surface area (Å²) < 4.78 is 5.19. The van der Waals surface area contributed by atoms with Gasteiger partial charge in [-0.1, -0.05) is 12.1 Å². The van der Waals surface area contributed by atoms with Gasteiger partial charge in [-0.05, 0) is 45.2 Å². The number of para-hydroxylation sites is 1. The van der Waals surface area contributed by atoms with E-state index in [-0.39, 0.29) is 24.4 Å². The maximum atomic E-state index is 12.4. The van der Waals surface area contributed by atoms with Gasteiger partial charge in [-0.15, -0.1) is 0 Å². The molecule has 2 aromatic rings. The number of anilines is 1. The normalized spacial score (nSPS) is 10.9. The third-order valence-corrected chi connectivity index (χ3v) is 3.72. The second-order valence-corrected chi connectivity index (χ2v) is 5.86. The van der Waals surface area contributed by atoms with E-state index in [4.69, 9.17) is 4.42 Å². The first-order valence-corrected chi connectivity index (χ1v) is 7.87. The highest BCUT2D eigenvalue weighted by atomic mass is 16.3. The van der Waals surface area contributed by atoms with Gasteiger partial charge in [-0.25, -0.2) is 0 Å². The maximum absolute atomic E-state index is 12.4. The Bertz CT molecular complexity index is 681. The van der Waals surface area contributed by atoms with Gasteiger partial charge < -0.3 is 15.1 Å². The molecule has 0 saturated heterocycles. The molecule has 0 saturated carbocycles. The number of hydrogen-bond acceptors (Lipinski definition) is 4. The minimum absolute atomic E-state index is 0.155. The van der Waals surface area contributed by atoms with E-state index in [0.717, 1.165) is 0 Å². The van der Waals surface area contributed by atoms with Crippen LogP contribution in [0.4, 0.5) is 5.69 Å². The second kappa shape index (κ2) is 8.31. The van der Waals surface area contributed by atoms with Crippen molar-refractivity contribution in [2.24, 2.45) is 0 Å². The van der Waals surface area contributed by atoms with Crippen LogP contribution in [0.15, 0.2) is 47.1 Å². The third-order valence-electron chi connectivity index (χ3n) is 3.72. The summed E-state index contributed by atoms with van der Waals surface area (Å²) in [5.41, 5.74) is 0.918. The predicted octanol–water partition coefficient (Wildman–Crippen LogP) is 2.49. The molecular formula is C18H23N3O3. The van der Waals surface area contributed by atoms with Crippen LogP contribution in [-0.4, -0.2) is 36.3 Å². The van der Waals surface area contributed by atoms with Crippen molar-refractivity contribution in [3.63, 3.8) is 0 Å². The lowest BCUT2D eigenvalue weighted by molar-refractivity contribution is -0.117. The highest BCUT2D eigenvalue weighted by molar-refractivity contribution is 6.04. The van der Waals surface area contributed by atoms with Crippen molar-refractivity contribution in [1.82, 2.24) is 10.2 Å². The van der Waals surface area contributed by atoms with Gasteiger partial charge in [0.05, 0.1) is 30.6 Å². The van der Waals surface area contributed by atoms with Crippen molar-refractivity contribution in [1.29, 1.82) is 0 Å². The van der Waals surface area contributed by atoms with Gasteiger partial charge in [0.15, 0.2) is 0 Å². The fourth-order valence-corrected chi connectivity index (χ4v) is 2.06. The Morgan fingerprint density at radius 2 is 1.92 bits per heavy atom. The fraction of sp³-hybridized carbons (Fsp3) is 0.333. The molecule has 1 aromatic carbocycles. The first-order valence-electron chi connectivity index (χ1n) is 7.87. The lowest BCUT2D eigenvalue weighted by atomic mass is 10.1. The average molecular weight is 329 g/mol. The standard InChI is InChI=1S/C18H23N3O3/c1-13(2)21(3)12-17(22)20-16-9-5-4-8-15(16)18(23)19-11-14-7-6-10-24-14/h4-10,13H,11-12H2,1-3H3,(H,19,23)(H,20,22). The Balaban J connectivity index is 2.01. The minimum atomic E-state index is -0.264. The molecule has 6 heteroatoms. The topological polar surface area (TPSA) is 74.6 Å². The molecule has 2 N–H and O–H groups in total. The smallest absolute Gasteiger partial charge is 0.253 e. The Labute approximate surface area is 141 Å². The lowest BCUT2D eigenvalue weighted by Crippen LogP contribution is -2.35. The van der Waals surface area contributed by atoms with E-state index in [0.29, 0.717) is 23.6 Å². The van der Waals surface area contributed by atoms with Crippen LogP contribution in [-0.2, 0) is 11.3 Å². The van der Waals surface area contributed by atoms with Crippen LogP contribution in [0.5, 0.6) is 0 Å². The van der Waals surface area contributed by atoms with Crippen molar-refractivity contribution in [2.45, 2.75) is 26.4 Å². The molecule has 2 amide bonds. The zero-order valence-corrected chi connectivity index (χ0v) is 14.2. The van der Waals surface area contributed by atoms with Crippen molar-refractivity contribution >= 4 is 17.5 Å². The van der Waals surface area contributed by atoms with Crippen molar-refractivity contribution in [3.05, 3.63) is 54.0 Å². The number of carbonyl (C=O) groups is 2. The molecule has 0 bridgehead atoms. The lowest BCUT2D eigenvalue weighted by Gasteiger charge is -2.20. The highest BCUT2D eigenvalue weighted by Crippen LogP contribution is 2.15. The molecule has 0 fully saturated rings. The number of rotatable bonds is 7. The van der Waals surface area contributed by atoms with Crippen LogP contribution in [0, 0.1) is 0 Å². The maximum Gasteiger partial charge on any atom is 0.253 e. The predicted molar refractivity (Wildman–Crippen MR) is 92.7 cm³/mol. The molecule has 0 aliphatic heterocycles. The van der Waals surface area contributed by atoms with Crippen molar-refractivity contribution in [3.8, 4) is 0 Å². The van der Waals surface area contributed by atoms with Crippen LogP contribution < -0.4 is 10.6 Å². The SMILES string of the molecule is CC(C)N(C)CC(=O)Nc1ccccc1C(=O)NCc1ccco1. The van der Waals surface area contributed by atoms with Crippen LogP contribution in [0.1, 0.15) is 30.0 Å². The Morgan fingerprint density at radius 1 is 1.17 bits per heavy atom. The van der Waals surface area contributed by atoms with E-state index in [1.165, 1.54) is 0 Å². The number of amides is 2. The average Bonchev–Trinajstić information content (AvgIpc) is 3.06. The molecule has 24 heavy (non-hydrogen) atoms. The molecule has 0 radical (unpaired) electrons. The molecule has 1 aromatic heterocycles. The summed E-state index contributed by atoms with van der Waals surface area (Å²) in [4.78, 5) is 26.4. The number of furan rings is 1. The van der Waals surface area contributed by atoms with E-state index < -0.39 is 0 Å². The molecule has 6 nitrogen and oxygen atoms in total. The van der Waals surface area contributed by atoms with Crippen LogP contribution in [0.3, 0.4) is 0 Å². The summed E-state index contributed by atoms with van der Waals surface area (Å²) in [6, 6.07) is 10.8. The summed E-state index contributed by atoms with van der Waals surface area (Å²) in [6.07, 6.45) is 1.56. The largest absolute Gasteiger partial charge is 0.467 e. The number of hydrogen-bond donors (Lipinski definition) is 2. The number of benzene rings is 1. The summed E-state index contributed by atoms with van der Waals surface area (Å²) >= 11 is 0. The molecular weight excluding hydrogens is 306 g/mol. The molecule has 0 unspecified atom stereocenters. The van der Waals surface area contributed by atoms with E-state index in [1.807, 2.05) is 25.8 Å². The Kier molecular flexibility index (Phi) is 6.14.